The van der Waals surface area contributed by atoms with Crippen LogP contribution in [-0.2, 0) is 0 Å². The van der Waals surface area contributed by atoms with Crippen LogP contribution >= 0.6 is 23.2 Å². The number of anilines is 2. The normalized spacial score (nSPS) is 10.4. The molecule has 0 radical (unpaired) electrons. The van der Waals surface area contributed by atoms with Gasteiger partial charge < -0.3 is 11.1 Å². The third-order valence-electron chi connectivity index (χ3n) is 2.33. The van der Waals surface area contributed by atoms with Gasteiger partial charge in [-0.25, -0.2) is 13.8 Å². The van der Waals surface area contributed by atoms with Gasteiger partial charge >= 0.3 is 0 Å². The molecule has 1 heterocycles. The first-order valence-corrected chi connectivity index (χ1v) is 6.02. The molecule has 0 fully saturated rings. The summed E-state index contributed by atoms with van der Waals surface area (Å²) in [5.74, 6) is -2.60. The summed E-state index contributed by atoms with van der Waals surface area (Å²) in [6.45, 7) is 0. The molecule has 0 aliphatic heterocycles. The Kier molecular flexibility index (Phi) is 4.06. The second kappa shape index (κ2) is 5.60. The summed E-state index contributed by atoms with van der Waals surface area (Å²) in [6.07, 6.45) is 0. The van der Waals surface area contributed by atoms with Crippen molar-refractivity contribution in [3.05, 3.63) is 51.6 Å². The topological polar surface area (TPSA) is 68.0 Å². The van der Waals surface area contributed by atoms with Crippen molar-refractivity contribution in [2.24, 2.45) is 0 Å². The minimum absolute atomic E-state index is 0.0374. The molecule has 0 unspecified atom stereocenters. The zero-order valence-electron chi connectivity index (χ0n) is 9.75. The van der Waals surface area contributed by atoms with E-state index in [2.05, 4.69) is 10.3 Å². The highest BCUT2D eigenvalue weighted by molar-refractivity contribution is 6.35. The lowest BCUT2D eigenvalue weighted by molar-refractivity contribution is 0.102. The third-order valence-corrected chi connectivity index (χ3v) is 2.93. The molecule has 20 heavy (non-hydrogen) atoms. The van der Waals surface area contributed by atoms with Crippen LogP contribution in [0, 0.1) is 11.6 Å². The Morgan fingerprint density at radius 2 is 1.90 bits per heavy atom. The van der Waals surface area contributed by atoms with Crippen molar-refractivity contribution in [2.45, 2.75) is 0 Å². The highest BCUT2D eigenvalue weighted by Crippen LogP contribution is 2.27. The maximum Gasteiger partial charge on any atom is 0.276 e. The van der Waals surface area contributed by atoms with E-state index in [4.69, 9.17) is 28.9 Å². The van der Waals surface area contributed by atoms with Crippen LogP contribution in [0.15, 0.2) is 24.3 Å². The largest absolute Gasteiger partial charge is 0.384 e. The van der Waals surface area contributed by atoms with Gasteiger partial charge in [0.1, 0.15) is 17.3 Å². The molecule has 0 bridgehead atoms. The number of pyridine rings is 1. The standard InChI is InChI=1S/C12H7Cl2F2N3O/c13-6-1-2-9(17)18-11(6)12(20)19-10-7(14)3-5(15)4-8(10)16/h1-4H,(H2,17,18)(H,19,20). The fourth-order valence-electron chi connectivity index (χ4n) is 1.45. The van der Waals surface area contributed by atoms with Gasteiger partial charge in [-0.3, -0.25) is 4.79 Å². The fraction of sp³-hybridized carbons (Fsp3) is 0. The molecule has 3 N–H and O–H groups in total. The smallest absolute Gasteiger partial charge is 0.276 e. The number of nitrogens with zero attached hydrogens (tertiary/aromatic N) is 1. The number of nitrogens with two attached hydrogens (primary N) is 1. The second-order valence-electron chi connectivity index (χ2n) is 3.77. The summed E-state index contributed by atoms with van der Waals surface area (Å²) in [4.78, 5) is 15.7. The van der Waals surface area contributed by atoms with Gasteiger partial charge in [0, 0.05) is 6.07 Å². The maximum atomic E-state index is 13.5. The summed E-state index contributed by atoms with van der Waals surface area (Å²) in [7, 11) is 0. The number of hydrogen-bond donors (Lipinski definition) is 2. The van der Waals surface area contributed by atoms with Crippen LogP contribution in [-0.4, -0.2) is 10.9 Å². The van der Waals surface area contributed by atoms with Gasteiger partial charge in [0.15, 0.2) is 5.82 Å². The van der Waals surface area contributed by atoms with Gasteiger partial charge in [0.2, 0.25) is 0 Å². The van der Waals surface area contributed by atoms with E-state index in [0.29, 0.717) is 6.07 Å². The first kappa shape index (κ1) is 14.5. The highest BCUT2D eigenvalue weighted by atomic mass is 35.5. The van der Waals surface area contributed by atoms with E-state index in [-0.39, 0.29) is 27.2 Å². The minimum atomic E-state index is -1.01. The predicted molar refractivity (Wildman–Crippen MR) is 73.0 cm³/mol. The van der Waals surface area contributed by atoms with Gasteiger partial charge in [-0.1, -0.05) is 23.2 Å². The van der Waals surface area contributed by atoms with Gasteiger partial charge in [0.25, 0.3) is 5.91 Å². The molecule has 1 amide bonds. The lowest BCUT2D eigenvalue weighted by atomic mass is 10.2. The average Bonchev–Trinajstić information content (AvgIpc) is 2.36. The molecular formula is C12H7Cl2F2N3O. The second-order valence-corrected chi connectivity index (χ2v) is 4.58. The van der Waals surface area contributed by atoms with Crippen molar-refractivity contribution in [3.63, 3.8) is 0 Å². The number of rotatable bonds is 2. The Bertz CT molecular complexity index is 671. The molecule has 8 heteroatoms. The quantitative estimate of drug-likeness (QED) is 0.890. The van der Waals surface area contributed by atoms with Crippen molar-refractivity contribution < 1.29 is 13.6 Å². The van der Waals surface area contributed by atoms with E-state index in [9.17, 15) is 13.6 Å². The van der Waals surface area contributed by atoms with Crippen LogP contribution in [0.1, 0.15) is 10.5 Å². The van der Waals surface area contributed by atoms with Crippen LogP contribution < -0.4 is 11.1 Å². The zero-order valence-corrected chi connectivity index (χ0v) is 11.3. The average molecular weight is 318 g/mol. The van der Waals surface area contributed by atoms with Crippen LogP contribution in [0.25, 0.3) is 0 Å². The molecule has 0 saturated carbocycles. The number of amides is 1. The minimum Gasteiger partial charge on any atom is -0.384 e. The molecule has 0 aliphatic rings. The monoisotopic (exact) mass is 317 g/mol. The van der Waals surface area contributed by atoms with Crippen LogP contribution in [0.5, 0.6) is 0 Å². The summed E-state index contributed by atoms with van der Waals surface area (Å²) in [6, 6.07) is 4.25. The van der Waals surface area contributed by atoms with Crippen LogP contribution in [0.4, 0.5) is 20.3 Å². The molecular weight excluding hydrogens is 311 g/mol. The molecule has 0 aliphatic carbocycles. The van der Waals surface area contributed by atoms with Crippen molar-refractivity contribution in [1.29, 1.82) is 0 Å². The number of hydrogen-bond acceptors (Lipinski definition) is 3. The van der Waals surface area contributed by atoms with Crippen LogP contribution in [0.2, 0.25) is 10.0 Å². The van der Waals surface area contributed by atoms with E-state index in [1.54, 1.807) is 0 Å². The Labute approximate surface area is 122 Å². The molecule has 104 valence electrons. The lowest BCUT2D eigenvalue weighted by Crippen LogP contribution is -2.16. The molecule has 0 atom stereocenters. The molecule has 1 aromatic carbocycles. The van der Waals surface area contributed by atoms with Gasteiger partial charge in [-0.15, -0.1) is 0 Å². The predicted octanol–water partition coefficient (Wildman–Crippen LogP) is 3.50. The lowest BCUT2D eigenvalue weighted by Gasteiger charge is -2.09. The number of aromatic nitrogens is 1. The van der Waals surface area contributed by atoms with Gasteiger partial charge in [0.05, 0.1) is 15.7 Å². The van der Waals surface area contributed by atoms with E-state index in [1.165, 1.54) is 12.1 Å². The van der Waals surface area contributed by atoms with Crippen LogP contribution in [0.3, 0.4) is 0 Å². The van der Waals surface area contributed by atoms with Crippen molar-refractivity contribution in [3.8, 4) is 0 Å². The number of halogens is 4. The fourth-order valence-corrected chi connectivity index (χ4v) is 1.88. The van der Waals surface area contributed by atoms with E-state index in [0.717, 1.165) is 6.07 Å². The van der Waals surface area contributed by atoms with Gasteiger partial charge in [-0.05, 0) is 18.2 Å². The Morgan fingerprint density at radius 1 is 1.20 bits per heavy atom. The first-order chi connectivity index (χ1) is 9.38. The maximum absolute atomic E-state index is 13.5. The Morgan fingerprint density at radius 3 is 2.55 bits per heavy atom. The zero-order chi connectivity index (χ0) is 14.9. The molecule has 2 rings (SSSR count). The third kappa shape index (κ3) is 2.97. The van der Waals surface area contributed by atoms with Gasteiger partial charge in [-0.2, -0.15) is 0 Å². The summed E-state index contributed by atoms with van der Waals surface area (Å²) in [5, 5.41) is 1.93. The molecule has 0 spiro atoms. The summed E-state index contributed by atoms with van der Waals surface area (Å²) >= 11 is 11.5. The summed E-state index contributed by atoms with van der Waals surface area (Å²) in [5.41, 5.74) is 4.89. The number of carbonyl (C=O) groups excluding carboxylic acids is 1. The van der Waals surface area contributed by atoms with E-state index >= 15 is 0 Å². The molecule has 0 saturated heterocycles. The number of carbonyl (C=O) groups is 1. The van der Waals surface area contributed by atoms with Crippen molar-refractivity contribution in [2.75, 3.05) is 11.1 Å². The van der Waals surface area contributed by atoms with E-state index in [1.807, 2.05) is 0 Å². The SMILES string of the molecule is Nc1ccc(Cl)c(C(=O)Nc2c(F)cc(F)cc2Cl)n1. The Balaban J connectivity index is 2.35. The number of nitrogen functional groups attached to an aromatic ring is 1. The molecule has 1 aromatic heterocycles. The van der Waals surface area contributed by atoms with Crippen molar-refractivity contribution in [1.82, 2.24) is 4.98 Å². The Hall–Kier alpha value is -1.92. The highest BCUT2D eigenvalue weighted by Gasteiger charge is 2.17. The summed E-state index contributed by atoms with van der Waals surface area (Å²) < 4.78 is 26.4. The first-order valence-electron chi connectivity index (χ1n) is 5.26. The number of nitrogens with one attached hydrogen (secondary N) is 1. The molecule has 4 nitrogen and oxygen atoms in total. The van der Waals surface area contributed by atoms with Crippen molar-refractivity contribution >= 4 is 40.6 Å². The van der Waals surface area contributed by atoms with E-state index < -0.39 is 17.5 Å². The number of benzene rings is 1. The molecule has 2 aromatic rings.